The lowest BCUT2D eigenvalue weighted by Crippen LogP contribution is -2.50. The smallest absolute Gasteiger partial charge is 0.217 e. The molecule has 0 bridgehead atoms. The van der Waals surface area contributed by atoms with Crippen molar-refractivity contribution in [3.8, 4) is 0 Å². The fraction of sp³-hybridized carbons (Fsp3) is 0.519. The molecule has 0 spiro atoms. The van der Waals surface area contributed by atoms with E-state index in [4.69, 9.17) is 0 Å². The SMILES string of the molecule is CCc1cc(CC)c2c(c1)[C@@H](NC[C@@H](O)C1(NC(C)=O)CC1c1cc(F)cc(F)c1)CCC2. The lowest BCUT2D eigenvalue weighted by atomic mass is 9.82. The molecule has 0 radical (unpaired) electrons. The molecule has 33 heavy (non-hydrogen) atoms. The highest BCUT2D eigenvalue weighted by atomic mass is 19.1. The number of halogens is 2. The summed E-state index contributed by atoms with van der Waals surface area (Å²) >= 11 is 0. The Morgan fingerprint density at radius 3 is 2.52 bits per heavy atom. The average Bonchev–Trinajstić information content (AvgIpc) is 3.50. The van der Waals surface area contributed by atoms with Gasteiger partial charge in [-0.05, 0) is 78.5 Å². The van der Waals surface area contributed by atoms with Gasteiger partial charge in [-0.1, -0.05) is 26.0 Å². The van der Waals surface area contributed by atoms with Gasteiger partial charge in [-0.2, -0.15) is 0 Å². The maximum atomic E-state index is 13.8. The van der Waals surface area contributed by atoms with Crippen molar-refractivity contribution in [3.63, 3.8) is 0 Å². The monoisotopic (exact) mass is 456 g/mol. The van der Waals surface area contributed by atoms with Gasteiger partial charge < -0.3 is 15.7 Å². The Morgan fingerprint density at radius 1 is 1.15 bits per heavy atom. The molecule has 0 aromatic heterocycles. The molecule has 0 aliphatic heterocycles. The summed E-state index contributed by atoms with van der Waals surface area (Å²) in [6.45, 7) is 6.04. The van der Waals surface area contributed by atoms with Gasteiger partial charge in [0.1, 0.15) is 11.6 Å². The third-order valence-electron chi connectivity index (χ3n) is 7.37. The minimum Gasteiger partial charge on any atom is -0.389 e. The van der Waals surface area contributed by atoms with Crippen molar-refractivity contribution in [2.75, 3.05) is 6.54 Å². The number of hydrogen-bond acceptors (Lipinski definition) is 3. The van der Waals surface area contributed by atoms with Gasteiger partial charge in [-0.3, -0.25) is 4.79 Å². The van der Waals surface area contributed by atoms with Gasteiger partial charge in [-0.15, -0.1) is 0 Å². The first-order valence-corrected chi connectivity index (χ1v) is 12.1. The van der Waals surface area contributed by atoms with E-state index in [0.717, 1.165) is 38.2 Å². The maximum absolute atomic E-state index is 13.8. The number of benzene rings is 2. The molecule has 4 nitrogen and oxygen atoms in total. The number of carbonyl (C=O) groups excluding carboxylic acids is 1. The predicted molar refractivity (Wildman–Crippen MR) is 125 cm³/mol. The van der Waals surface area contributed by atoms with Crippen LogP contribution in [0.15, 0.2) is 30.3 Å². The van der Waals surface area contributed by atoms with E-state index in [1.165, 1.54) is 41.3 Å². The standard InChI is InChI=1S/C27H34F2N2O2/c1-4-17-9-18(5-2)22-7-6-8-25(23(22)10-17)30-15-26(33)27(31-16(3)32)14-24(27)19-11-20(28)13-21(29)12-19/h9-13,24-26,30,33H,4-8,14-15H2,1-3H3,(H,31,32)/t24?,25-,26+,27?/m0/s1. The van der Waals surface area contributed by atoms with Crippen LogP contribution in [0.25, 0.3) is 0 Å². The van der Waals surface area contributed by atoms with Crippen molar-refractivity contribution in [1.29, 1.82) is 0 Å². The number of amides is 1. The van der Waals surface area contributed by atoms with Crippen LogP contribution in [0.3, 0.4) is 0 Å². The summed E-state index contributed by atoms with van der Waals surface area (Å²) in [7, 11) is 0. The molecular formula is C27H34F2N2O2. The van der Waals surface area contributed by atoms with Gasteiger partial charge in [0.2, 0.25) is 5.91 Å². The molecule has 2 aromatic carbocycles. The summed E-state index contributed by atoms with van der Waals surface area (Å²) < 4.78 is 27.6. The minimum absolute atomic E-state index is 0.137. The van der Waals surface area contributed by atoms with Crippen molar-refractivity contribution in [3.05, 3.63) is 69.8 Å². The Labute approximate surface area is 194 Å². The highest BCUT2D eigenvalue weighted by Crippen LogP contribution is 2.54. The molecule has 1 fully saturated rings. The minimum atomic E-state index is -0.920. The number of fused-ring (bicyclic) bond motifs is 1. The normalized spacial score (nSPS) is 24.8. The first-order valence-electron chi connectivity index (χ1n) is 12.1. The Hall–Kier alpha value is -2.31. The number of hydrogen-bond donors (Lipinski definition) is 3. The predicted octanol–water partition coefficient (Wildman–Crippen LogP) is 4.48. The Balaban J connectivity index is 1.53. The van der Waals surface area contributed by atoms with E-state index in [0.29, 0.717) is 12.0 Å². The zero-order valence-electron chi connectivity index (χ0n) is 19.7. The number of nitrogens with one attached hydrogen (secondary N) is 2. The van der Waals surface area contributed by atoms with Crippen molar-refractivity contribution in [2.45, 2.75) is 82.9 Å². The first-order chi connectivity index (χ1) is 15.8. The lowest BCUT2D eigenvalue weighted by Gasteiger charge is -2.32. The molecular weight excluding hydrogens is 422 g/mol. The number of aliphatic hydroxyl groups is 1. The molecule has 4 atom stereocenters. The molecule has 178 valence electrons. The van der Waals surface area contributed by atoms with Crippen LogP contribution in [-0.2, 0) is 24.1 Å². The van der Waals surface area contributed by atoms with E-state index in [-0.39, 0.29) is 24.4 Å². The van der Waals surface area contributed by atoms with Gasteiger partial charge >= 0.3 is 0 Å². The van der Waals surface area contributed by atoms with Gasteiger partial charge in [0.25, 0.3) is 0 Å². The number of carbonyl (C=O) groups is 1. The molecule has 4 rings (SSSR count). The molecule has 6 heteroatoms. The van der Waals surface area contributed by atoms with Crippen LogP contribution in [0.2, 0.25) is 0 Å². The van der Waals surface area contributed by atoms with Crippen LogP contribution < -0.4 is 10.6 Å². The average molecular weight is 457 g/mol. The molecule has 1 amide bonds. The van der Waals surface area contributed by atoms with Crippen molar-refractivity contribution < 1.29 is 18.7 Å². The largest absolute Gasteiger partial charge is 0.389 e. The van der Waals surface area contributed by atoms with Crippen LogP contribution in [0.1, 0.15) is 79.8 Å². The third-order valence-corrected chi connectivity index (χ3v) is 7.37. The molecule has 2 unspecified atom stereocenters. The quantitative estimate of drug-likeness (QED) is 0.549. The topological polar surface area (TPSA) is 61.4 Å². The number of aryl methyl sites for hydroxylation is 2. The number of aliphatic hydroxyl groups excluding tert-OH is 1. The van der Waals surface area contributed by atoms with E-state index in [1.54, 1.807) is 0 Å². The van der Waals surface area contributed by atoms with Crippen LogP contribution >= 0.6 is 0 Å². The summed E-state index contributed by atoms with van der Waals surface area (Å²) in [4.78, 5) is 11.9. The zero-order valence-corrected chi connectivity index (χ0v) is 19.7. The molecule has 2 aliphatic rings. The van der Waals surface area contributed by atoms with E-state index in [9.17, 15) is 18.7 Å². The highest BCUT2D eigenvalue weighted by Gasteiger charge is 2.60. The second kappa shape index (κ2) is 9.51. The van der Waals surface area contributed by atoms with Crippen LogP contribution in [-0.4, -0.2) is 29.2 Å². The molecule has 2 aromatic rings. The summed E-state index contributed by atoms with van der Waals surface area (Å²) in [5.74, 6) is -1.91. The molecule has 3 N–H and O–H groups in total. The van der Waals surface area contributed by atoms with Gasteiger partial charge in [0, 0.05) is 31.5 Å². The van der Waals surface area contributed by atoms with Crippen LogP contribution in [0.4, 0.5) is 8.78 Å². The second-order valence-electron chi connectivity index (χ2n) is 9.58. The zero-order chi connectivity index (χ0) is 23.8. The van der Waals surface area contributed by atoms with Crippen LogP contribution in [0.5, 0.6) is 0 Å². The Kier molecular flexibility index (Phi) is 6.87. The Morgan fingerprint density at radius 2 is 1.88 bits per heavy atom. The van der Waals surface area contributed by atoms with Crippen molar-refractivity contribution >= 4 is 5.91 Å². The van der Waals surface area contributed by atoms with Gasteiger partial charge in [0.15, 0.2) is 0 Å². The van der Waals surface area contributed by atoms with E-state index >= 15 is 0 Å². The molecule has 0 saturated heterocycles. The van der Waals surface area contributed by atoms with Crippen molar-refractivity contribution in [2.24, 2.45) is 0 Å². The summed E-state index contributed by atoms with van der Waals surface area (Å²) in [6, 6.07) is 8.14. The lowest BCUT2D eigenvalue weighted by molar-refractivity contribution is -0.121. The van der Waals surface area contributed by atoms with E-state index in [2.05, 4.69) is 36.6 Å². The maximum Gasteiger partial charge on any atom is 0.217 e. The van der Waals surface area contributed by atoms with Crippen LogP contribution in [0, 0.1) is 11.6 Å². The summed E-state index contributed by atoms with van der Waals surface area (Å²) in [5, 5.41) is 17.6. The fourth-order valence-electron chi connectivity index (χ4n) is 5.63. The summed E-state index contributed by atoms with van der Waals surface area (Å²) in [5.41, 5.74) is 5.01. The van der Waals surface area contributed by atoms with E-state index < -0.39 is 23.3 Å². The second-order valence-corrected chi connectivity index (χ2v) is 9.58. The first kappa shape index (κ1) is 23.8. The molecule has 0 heterocycles. The fourth-order valence-corrected chi connectivity index (χ4v) is 5.63. The van der Waals surface area contributed by atoms with Crippen molar-refractivity contribution in [1.82, 2.24) is 10.6 Å². The van der Waals surface area contributed by atoms with Gasteiger partial charge in [-0.25, -0.2) is 8.78 Å². The number of rotatable bonds is 8. The van der Waals surface area contributed by atoms with E-state index in [1.807, 2.05) is 0 Å². The Bertz CT molecular complexity index is 1020. The summed E-state index contributed by atoms with van der Waals surface area (Å²) in [6.07, 6.45) is 4.69. The molecule has 2 aliphatic carbocycles. The highest BCUT2D eigenvalue weighted by molar-refractivity contribution is 5.75. The third kappa shape index (κ3) is 4.82. The molecule has 1 saturated carbocycles. The van der Waals surface area contributed by atoms with Gasteiger partial charge in [0.05, 0.1) is 11.6 Å².